The van der Waals surface area contributed by atoms with Gasteiger partial charge in [-0.2, -0.15) is 5.10 Å². The number of hydrogen-bond acceptors (Lipinski definition) is 5. The van der Waals surface area contributed by atoms with E-state index in [4.69, 9.17) is 9.84 Å². The highest BCUT2D eigenvalue weighted by atomic mass is 32.2. The van der Waals surface area contributed by atoms with E-state index in [-0.39, 0.29) is 40.9 Å². The lowest BCUT2D eigenvalue weighted by Crippen LogP contribution is -2.44. The molecule has 0 spiro atoms. The molecule has 0 aliphatic carbocycles. The molecular weight excluding hydrogens is 520 g/mol. The Morgan fingerprint density at radius 1 is 1.12 bits per heavy atom. The maximum atomic E-state index is 13.9. The minimum absolute atomic E-state index is 0.0357. The smallest absolute Gasteiger partial charge is 0.240 e. The van der Waals surface area contributed by atoms with Crippen LogP contribution in [-0.2, 0) is 19.7 Å². The summed E-state index contributed by atoms with van der Waals surface area (Å²) < 4.78 is 7.60. The van der Waals surface area contributed by atoms with Crippen LogP contribution in [0, 0.1) is 20.8 Å². The van der Waals surface area contributed by atoms with E-state index in [1.54, 1.807) is 16.7 Å². The molecule has 1 fully saturated rings. The van der Waals surface area contributed by atoms with Crippen molar-refractivity contribution in [2.24, 2.45) is 0 Å². The van der Waals surface area contributed by atoms with Crippen LogP contribution in [0.2, 0.25) is 0 Å². The number of benzene rings is 2. The van der Waals surface area contributed by atoms with Gasteiger partial charge in [0.05, 0.1) is 28.5 Å². The highest BCUT2D eigenvalue weighted by Crippen LogP contribution is 2.49. The van der Waals surface area contributed by atoms with Crippen LogP contribution in [0.15, 0.2) is 42.5 Å². The van der Waals surface area contributed by atoms with E-state index in [1.807, 2.05) is 10.7 Å². The third-order valence-corrected chi connectivity index (χ3v) is 8.94. The van der Waals surface area contributed by atoms with Gasteiger partial charge in [-0.05, 0) is 56.4 Å². The van der Waals surface area contributed by atoms with Crippen molar-refractivity contribution in [3.8, 4) is 5.69 Å². The lowest BCUT2D eigenvalue weighted by atomic mass is 9.86. The quantitative estimate of drug-likeness (QED) is 0.427. The Kier molecular flexibility index (Phi) is 8.11. The number of hydrogen-bond donors (Lipinski definition) is 1. The molecule has 40 heavy (non-hydrogen) atoms. The first-order chi connectivity index (χ1) is 19.0. The van der Waals surface area contributed by atoms with Crippen molar-refractivity contribution in [1.82, 2.24) is 15.1 Å². The van der Waals surface area contributed by atoms with Gasteiger partial charge >= 0.3 is 0 Å². The van der Waals surface area contributed by atoms with E-state index >= 15 is 0 Å². The lowest BCUT2D eigenvalue weighted by Gasteiger charge is -2.25. The second kappa shape index (κ2) is 11.4. The number of thioether (sulfide) groups is 1. The van der Waals surface area contributed by atoms with Gasteiger partial charge < -0.3 is 10.1 Å². The zero-order valence-corrected chi connectivity index (χ0v) is 25.2. The first kappa shape index (κ1) is 28.4. The monoisotopic (exact) mass is 560 g/mol. The van der Waals surface area contributed by atoms with Gasteiger partial charge in [-0.15, -0.1) is 11.8 Å². The zero-order chi connectivity index (χ0) is 28.6. The van der Waals surface area contributed by atoms with Crippen LogP contribution in [0.4, 0.5) is 5.82 Å². The normalized spacial score (nSPS) is 19.4. The van der Waals surface area contributed by atoms with E-state index in [0.717, 1.165) is 53.1 Å². The van der Waals surface area contributed by atoms with Gasteiger partial charge in [-0.25, -0.2) is 4.68 Å². The van der Waals surface area contributed by atoms with Crippen LogP contribution in [0.1, 0.15) is 72.4 Å². The first-order valence-corrected chi connectivity index (χ1v) is 15.2. The molecule has 2 atom stereocenters. The maximum Gasteiger partial charge on any atom is 0.240 e. The Morgan fingerprint density at radius 2 is 1.90 bits per heavy atom. The molecule has 1 saturated heterocycles. The summed E-state index contributed by atoms with van der Waals surface area (Å²) in [6.45, 7) is 13.9. The molecule has 3 heterocycles. The Bertz CT molecular complexity index is 1420. The number of nitrogens with zero attached hydrogens (tertiary/aromatic N) is 3. The van der Waals surface area contributed by atoms with Crippen LogP contribution >= 0.6 is 11.8 Å². The average Bonchev–Trinajstić information content (AvgIpc) is 3.53. The predicted molar refractivity (Wildman–Crippen MR) is 162 cm³/mol. The molecule has 2 aromatic carbocycles. The second-order valence-corrected chi connectivity index (χ2v) is 13.1. The fourth-order valence-electron chi connectivity index (χ4n) is 5.64. The summed E-state index contributed by atoms with van der Waals surface area (Å²) in [7, 11) is 0. The number of amides is 2. The Morgan fingerprint density at radius 3 is 2.58 bits per heavy atom. The molecule has 0 saturated carbocycles. The van der Waals surface area contributed by atoms with E-state index in [9.17, 15) is 9.59 Å². The van der Waals surface area contributed by atoms with E-state index in [1.165, 1.54) is 5.56 Å². The maximum absolute atomic E-state index is 13.9. The number of carbonyl (C=O) groups is 2. The van der Waals surface area contributed by atoms with Gasteiger partial charge in [0.15, 0.2) is 0 Å². The van der Waals surface area contributed by atoms with E-state index in [0.29, 0.717) is 12.4 Å². The van der Waals surface area contributed by atoms with Crippen LogP contribution < -0.4 is 10.2 Å². The molecule has 5 rings (SSSR count). The number of ether oxygens (including phenoxy) is 1. The molecule has 212 valence electrons. The standard InChI is InChI=1S/C32H40N4O3S/c1-20-13-14-25(22(3)16-20)36-31-28(30(34-36)32(4,5)6)29(24-12-8-7-10-21(24)2)40-19-27(38)35(31)18-26(37)33-17-23-11-9-15-39-23/h7-8,10,12-14,16,23,29H,9,11,15,17-19H2,1-6H3,(H,33,37)/t23-,29+/m1/s1. The molecule has 0 bridgehead atoms. The van der Waals surface area contributed by atoms with Crippen LogP contribution in [-0.4, -0.2) is 53.1 Å². The third-order valence-electron chi connectivity index (χ3n) is 7.70. The number of nitrogens with one attached hydrogen (secondary N) is 1. The summed E-state index contributed by atoms with van der Waals surface area (Å²) in [5.41, 5.74) is 7.10. The number of anilines is 1. The summed E-state index contributed by atoms with van der Waals surface area (Å²) in [4.78, 5) is 28.8. The van der Waals surface area contributed by atoms with Gasteiger partial charge in [-0.1, -0.05) is 62.7 Å². The SMILES string of the molecule is Cc1ccc(-n2nc(C(C)(C)C)c3c2N(CC(=O)NC[C@H]2CCCO2)C(=O)CS[C@H]3c2ccccc2C)c(C)c1. The molecule has 7 nitrogen and oxygen atoms in total. The predicted octanol–water partition coefficient (Wildman–Crippen LogP) is 5.56. The number of aromatic nitrogens is 2. The number of rotatable bonds is 6. The Hall–Kier alpha value is -3.10. The van der Waals surface area contributed by atoms with Crippen LogP contribution in [0.5, 0.6) is 0 Å². The summed E-state index contributed by atoms with van der Waals surface area (Å²) in [6, 6.07) is 14.6. The fraction of sp³-hybridized carbons (Fsp3) is 0.469. The molecule has 2 aliphatic heterocycles. The van der Waals surface area contributed by atoms with Crippen molar-refractivity contribution in [3.05, 3.63) is 76.0 Å². The van der Waals surface area contributed by atoms with Crippen LogP contribution in [0.3, 0.4) is 0 Å². The molecule has 1 aromatic heterocycles. The van der Waals surface area contributed by atoms with Crippen molar-refractivity contribution in [3.63, 3.8) is 0 Å². The van der Waals surface area contributed by atoms with Gasteiger partial charge in [0.1, 0.15) is 12.4 Å². The second-order valence-electron chi connectivity index (χ2n) is 12.0. The van der Waals surface area contributed by atoms with Crippen molar-refractivity contribution in [1.29, 1.82) is 0 Å². The minimum atomic E-state index is -0.295. The number of carbonyl (C=O) groups excluding carboxylic acids is 2. The summed E-state index contributed by atoms with van der Waals surface area (Å²) in [5, 5.41) is 8.14. The van der Waals surface area contributed by atoms with Gasteiger partial charge in [-0.3, -0.25) is 14.5 Å². The molecule has 2 amide bonds. The van der Waals surface area contributed by atoms with Crippen LogP contribution in [0.25, 0.3) is 5.69 Å². The molecular formula is C32H40N4O3S. The zero-order valence-electron chi connectivity index (χ0n) is 24.4. The van der Waals surface area contributed by atoms with E-state index in [2.05, 4.69) is 83.3 Å². The number of aryl methyl sites for hydroxylation is 3. The summed E-state index contributed by atoms with van der Waals surface area (Å²) >= 11 is 1.62. The largest absolute Gasteiger partial charge is 0.376 e. The highest BCUT2D eigenvalue weighted by molar-refractivity contribution is 8.00. The Balaban J connectivity index is 1.68. The summed E-state index contributed by atoms with van der Waals surface area (Å²) in [5.74, 6) is 0.664. The van der Waals surface area contributed by atoms with E-state index < -0.39 is 0 Å². The van der Waals surface area contributed by atoms with Crippen molar-refractivity contribution in [2.75, 3.05) is 30.3 Å². The highest BCUT2D eigenvalue weighted by Gasteiger charge is 2.40. The fourth-order valence-corrected chi connectivity index (χ4v) is 6.94. The molecule has 8 heteroatoms. The minimum Gasteiger partial charge on any atom is -0.376 e. The summed E-state index contributed by atoms with van der Waals surface area (Å²) in [6.07, 6.45) is 1.99. The Labute approximate surface area is 241 Å². The van der Waals surface area contributed by atoms with Crippen molar-refractivity contribution < 1.29 is 14.3 Å². The van der Waals surface area contributed by atoms with Gasteiger partial charge in [0.25, 0.3) is 0 Å². The van der Waals surface area contributed by atoms with Crippen molar-refractivity contribution in [2.45, 2.75) is 71.2 Å². The van der Waals surface area contributed by atoms with Gasteiger partial charge in [0.2, 0.25) is 11.8 Å². The molecule has 0 unspecified atom stereocenters. The molecule has 2 aliphatic rings. The third kappa shape index (κ3) is 5.70. The molecule has 1 N–H and O–H groups in total. The topological polar surface area (TPSA) is 76.5 Å². The number of fused-ring (bicyclic) bond motifs is 1. The lowest BCUT2D eigenvalue weighted by molar-refractivity contribution is -0.123. The molecule has 0 radical (unpaired) electrons. The molecule has 3 aromatic rings. The average molecular weight is 561 g/mol. The van der Waals surface area contributed by atoms with Gasteiger partial charge in [0, 0.05) is 24.1 Å². The first-order valence-electron chi connectivity index (χ1n) is 14.1. The van der Waals surface area contributed by atoms with Crippen molar-refractivity contribution >= 4 is 29.4 Å².